The summed E-state index contributed by atoms with van der Waals surface area (Å²) in [4.78, 5) is 48.6. The molecule has 0 atom stereocenters. The van der Waals surface area contributed by atoms with Gasteiger partial charge in [0.2, 0.25) is 5.91 Å². The van der Waals surface area contributed by atoms with Crippen molar-refractivity contribution in [1.82, 2.24) is 28.5 Å². The molecule has 0 unspecified atom stereocenters. The molecule has 0 saturated carbocycles. The molecule has 1 aliphatic rings. The Hall–Kier alpha value is -3.98. The molecule has 0 aliphatic carbocycles. The van der Waals surface area contributed by atoms with Crippen LogP contribution >= 0.6 is 0 Å². The van der Waals surface area contributed by atoms with Crippen LogP contribution in [0.25, 0.3) is 11.2 Å². The molecule has 1 saturated heterocycles. The Labute approximate surface area is 202 Å². The van der Waals surface area contributed by atoms with Crippen molar-refractivity contribution >= 4 is 17.1 Å². The highest BCUT2D eigenvalue weighted by molar-refractivity contribution is 5.77. The Balaban J connectivity index is 1.59. The zero-order chi connectivity index (χ0) is 24.4. The molecule has 0 radical (unpaired) electrons. The minimum Gasteiger partial charge on any atom is -0.339 e. The first kappa shape index (κ1) is 22.8. The van der Waals surface area contributed by atoms with Crippen molar-refractivity contribution in [3.05, 3.63) is 99.0 Å². The molecule has 2 aromatic carbocycles. The fraction of sp³-hybridized carbons (Fsp3) is 0.308. The number of hydrogen-bond donors (Lipinski definition) is 0. The molecular formula is C26H28N6O3. The molecule has 180 valence electrons. The second kappa shape index (κ2) is 9.71. The Morgan fingerprint density at radius 1 is 0.829 bits per heavy atom. The maximum atomic E-state index is 13.6. The molecule has 3 heterocycles. The van der Waals surface area contributed by atoms with Crippen LogP contribution in [-0.2, 0) is 24.4 Å². The van der Waals surface area contributed by atoms with E-state index in [1.165, 1.54) is 4.57 Å². The van der Waals surface area contributed by atoms with Gasteiger partial charge in [-0.05, 0) is 18.2 Å². The van der Waals surface area contributed by atoms with Crippen LogP contribution in [0.3, 0.4) is 0 Å². The summed E-state index contributed by atoms with van der Waals surface area (Å²) in [6.45, 7) is 3.09. The standard InChI is InChI=1S/C26H28N6O3/c1-28-12-14-29(15-13-28)22(33)18-32-25(34)23-24(27-19-30(23)16-20-8-4-2-5-9-20)31(26(32)35)17-21-10-6-3-7-11-21/h2-11,19H,12-18H2,1H3. The van der Waals surface area contributed by atoms with Crippen LogP contribution in [0.5, 0.6) is 0 Å². The second-order valence-electron chi connectivity index (χ2n) is 8.96. The number of imidazole rings is 1. The Morgan fingerprint density at radius 3 is 2.06 bits per heavy atom. The molecule has 35 heavy (non-hydrogen) atoms. The maximum Gasteiger partial charge on any atom is 0.333 e. The summed E-state index contributed by atoms with van der Waals surface area (Å²) >= 11 is 0. The number of hydrogen-bond acceptors (Lipinski definition) is 5. The number of nitrogens with zero attached hydrogens (tertiary/aromatic N) is 6. The predicted molar refractivity (Wildman–Crippen MR) is 133 cm³/mol. The summed E-state index contributed by atoms with van der Waals surface area (Å²) in [6.07, 6.45) is 1.59. The third kappa shape index (κ3) is 4.67. The normalized spacial score (nSPS) is 14.5. The Bertz CT molecular complexity index is 1450. The van der Waals surface area contributed by atoms with Crippen LogP contribution in [0.1, 0.15) is 11.1 Å². The summed E-state index contributed by atoms with van der Waals surface area (Å²) in [5.74, 6) is -0.225. The molecule has 0 bridgehead atoms. The monoisotopic (exact) mass is 472 g/mol. The van der Waals surface area contributed by atoms with E-state index in [1.807, 2.05) is 67.7 Å². The van der Waals surface area contributed by atoms with E-state index in [0.29, 0.717) is 30.8 Å². The first-order chi connectivity index (χ1) is 17.0. The lowest BCUT2D eigenvalue weighted by Gasteiger charge is -2.32. The largest absolute Gasteiger partial charge is 0.339 e. The van der Waals surface area contributed by atoms with E-state index in [0.717, 1.165) is 28.8 Å². The Morgan fingerprint density at radius 2 is 1.43 bits per heavy atom. The van der Waals surface area contributed by atoms with Gasteiger partial charge in [-0.2, -0.15) is 0 Å². The lowest BCUT2D eigenvalue weighted by Crippen LogP contribution is -2.50. The van der Waals surface area contributed by atoms with Crippen LogP contribution in [0.4, 0.5) is 0 Å². The van der Waals surface area contributed by atoms with Gasteiger partial charge >= 0.3 is 5.69 Å². The third-order valence-corrected chi connectivity index (χ3v) is 6.51. The first-order valence-corrected chi connectivity index (χ1v) is 11.7. The molecule has 9 nitrogen and oxygen atoms in total. The van der Waals surface area contributed by atoms with Gasteiger partial charge in [0, 0.05) is 32.7 Å². The van der Waals surface area contributed by atoms with Gasteiger partial charge in [0.05, 0.1) is 12.9 Å². The fourth-order valence-electron chi connectivity index (χ4n) is 4.48. The van der Waals surface area contributed by atoms with Crippen LogP contribution in [0.2, 0.25) is 0 Å². The van der Waals surface area contributed by atoms with Gasteiger partial charge in [-0.3, -0.25) is 14.2 Å². The quantitative estimate of drug-likeness (QED) is 0.422. The van der Waals surface area contributed by atoms with Gasteiger partial charge in [0.25, 0.3) is 5.56 Å². The number of benzene rings is 2. The molecule has 0 N–H and O–H groups in total. The van der Waals surface area contributed by atoms with Crippen molar-refractivity contribution in [3.63, 3.8) is 0 Å². The average Bonchev–Trinajstić information content (AvgIpc) is 3.29. The van der Waals surface area contributed by atoms with Gasteiger partial charge in [-0.15, -0.1) is 0 Å². The molecule has 1 aliphatic heterocycles. The van der Waals surface area contributed by atoms with Crippen molar-refractivity contribution in [2.24, 2.45) is 0 Å². The molecule has 5 rings (SSSR count). The van der Waals surface area contributed by atoms with Crippen LogP contribution in [0, 0.1) is 0 Å². The predicted octanol–water partition coefficient (Wildman–Crippen LogP) is 1.23. The molecule has 0 spiro atoms. The molecule has 9 heteroatoms. The van der Waals surface area contributed by atoms with Crippen LogP contribution in [0.15, 0.2) is 76.6 Å². The minimum absolute atomic E-state index is 0.225. The van der Waals surface area contributed by atoms with Gasteiger partial charge in [-0.25, -0.2) is 14.3 Å². The zero-order valence-electron chi connectivity index (χ0n) is 19.7. The fourth-order valence-corrected chi connectivity index (χ4v) is 4.48. The zero-order valence-corrected chi connectivity index (χ0v) is 19.7. The van der Waals surface area contributed by atoms with Crippen molar-refractivity contribution in [3.8, 4) is 0 Å². The third-order valence-electron chi connectivity index (χ3n) is 6.51. The number of rotatable bonds is 6. The highest BCUT2D eigenvalue weighted by Crippen LogP contribution is 2.12. The van der Waals surface area contributed by atoms with E-state index in [9.17, 15) is 14.4 Å². The smallest absolute Gasteiger partial charge is 0.333 e. The van der Waals surface area contributed by atoms with Crippen molar-refractivity contribution < 1.29 is 4.79 Å². The average molecular weight is 473 g/mol. The van der Waals surface area contributed by atoms with E-state index in [2.05, 4.69) is 9.88 Å². The van der Waals surface area contributed by atoms with E-state index < -0.39 is 11.2 Å². The van der Waals surface area contributed by atoms with Crippen molar-refractivity contribution in [1.29, 1.82) is 0 Å². The molecule has 2 aromatic heterocycles. The summed E-state index contributed by atoms with van der Waals surface area (Å²) < 4.78 is 4.31. The molecule has 1 fully saturated rings. The van der Waals surface area contributed by atoms with Crippen molar-refractivity contribution in [2.45, 2.75) is 19.6 Å². The number of amides is 1. The van der Waals surface area contributed by atoms with E-state index in [-0.39, 0.29) is 19.0 Å². The number of likely N-dealkylation sites (N-methyl/N-ethyl adjacent to an activating group) is 1. The van der Waals surface area contributed by atoms with Gasteiger partial charge in [0.1, 0.15) is 6.54 Å². The minimum atomic E-state index is -0.529. The van der Waals surface area contributed by atoms with Crippen molar-refractivity contribution in [2.75, 3.05) is 33.2 Å². The SMILES string of the molecule is CN1CCN(C(=O)Cn2c(=O)c3c(ncn3Cc3ccccc3)n(Cc3ccccc3)c2=O)CC1. The lowest BCUT2D eigenvalue weighted by molar-refractivity contribution is -0.133. The summed E-state index contributed by atoms with van der Waals surface area (Å²) in [6, 6.07) is 19.3. The number of aromatic nitrogens is 4. The number of piperazine rings is 1. The molecule has 1 amide bonds. The number of fused-ring (bicyclic) bond motifs is 1. The van der Waals surface area contributed by atoms with Gasteiger partial charge in [-0.1, -0.05) is 60.7 Å². The highest BCUT2D eigenvalue weighted by Gasteiger charge is 2.24. The van der Waals surface area contributed by atoms with E-state index in [1.54, 1.807) is 15.8 Å². The van der Waals surface area contributed by atoms with Gasteiger partial charge < -0.3 is 14.4 Å². The van der Waals surface area contributed by atoms with Gasteiger partial charge in [0.15, 0.2) is 11.2 Å². The summed E-state index contributed by atoms with van der Waals surface area (Å²) in [5.41, 5.74) is 1.53. The highest BCUT2D eigenvalue weighted by atomic mass is 16.2. The first-order valence-electron chi connectivity index (χ1n) is 11.7. The Kier molecular flexibility index (Phi) is 6.33. The number of carbonyl (C=O) groups excluding carboxylic acids is 1. The lowest BCUT2D eigenvalue weighted by atomic mass is 10.2. The summed E-state index contributed by atoms with van der Waals surface area (Å²) in [5, 5.41) is 0. The summed E-state index contributed by atoms with van der Waals surface area (Å²) in [7, 11) is 2.01. The van der Waals surface area contributed by atoms with E-state index in [4.69, 9.17) is 0 Å². The number of carbonyl (C=O) groups is 1. The second-order valence-corrected chi connectivity index (χ2v) is 8.96. The van der Waals surface area contributed by atoms with Crippen LogP contribution in [-0.4, -0.2) is 67.6 Å². The van der Waals surface area contributed by atoms with E-state index >= 15 is 0 Å². The van der Waals surface area contributed by atoms with Crippen LogP contribution < -0.4 is 11.2 Å². The molecule has 4 aromatic rings. The molecular weight excluding hydrogens is 444 g/mol. The topological polar surface area (TPSA) is 85.4 Å². The maximum absolute atomic E-state index is 13.6.